The number of aromatic amines is 1. The van der Waals surface area contributed by atoms with Gasteiger partial charge in [-0.05, 0) is 44.9 Å². The Hall–Kier alpha value is -2.50. The average Bonchev–Trinajstić information content (AvgIpc) is 2.85. The van der Waals surface area contributed by atoms with Crippen LogP contribution in [-0.4, -0.2) is 28.9 Å². The van der Waals surface area contributed by atoms with Gasteiger partial charge in [-0.1, -0.05) is 0 Å². The minimum absolute atomic E-state index is 0.0622. The second-order valence-electron chi connectivity index (χ2n) is 4.98. The summed E-state index contributed by atoms with van der Waals surface area (Å²) in [5.74, 6) is -0.584. The number of aryl methyl sites for hydroxylation is 1. The number of carbonyl (C=O) groups excluding carboxylic acids is 2. The number of H-pyrrole nitrogens is 1. The molecule has 0 unspecified atom stereocenters. The number of aldehydes is 1. The molecular weight excluding hydrogens is 287 g/mol. The molecular formula is C16H17FN2O3. The van der Waals surface area contributed by atoms with E-state index in [1.54, 1.807) is 0 Å². The molecule has 0 spiro atoms. The Morgan fingerprint density at radius 3 is 2.91 bits per heavy atom. The first kappa shape index (κ1) is 15.9. The van der Waals surface area contributed by atoms with Gasteiger partial charge in [-0.25, -0.2) is 4.39 Å². The van der Waals surface area contributed by atoms with E-state index in [0.717, 1.165) is 11.3 Å². The summed E-state index contributed by atoms with van der Waals surface area (Å²) in [5, 5.41) is 6.64. The Morgan fingerprint density at radius 1 is 1.45 bits per heavy atom. The molecule has 0 aliphatic heterocycles. The highest BCUT2D eigenvalue weighted by molar-refractivity contribution is 5.94. The largest absolute Gasteiger partial charge is 0.490 e. The Labute approximate surface area is 127 Å². The number of hydrogen-bond donors (Lipinski definition) is 1. The molecule has 2 rings (SSSR count). The van der Waals surface area contributed by atoms with E-state index in [1.165, 1.54) is 25.1 Å². The van der Waals surface area contributed by atoms with Gasteiger partial charge in [-0.2, -0.15) is 5.10 Å². The Morgan fingerprint density at radius 2 is 2.23 bits per heavy atom. The van der Waals surface area contributed by atoms with Crippen molar-refractivity contribution in [1.82, 2.24) is 10.2 Å². The number of benzene rings is 1. The lowest BCUT2D eigenvalue weighted by Crippen LogP contribution is -2.03. The van der Waals surface area contributed by atoms with Gasteiger partial charge < -0.3 is 4.74 Å². The van der Waals surface area contributed by atoms with E-state index in [4.69, 9.17) is 4.74 Å². The second-order valence-corrected chi connectivity index (χ2v) is 4.98. The third-order valence-corrected chi connectivity index (χ3v) is 3.38. The molecule has 0 aliphatic rings. The lowest BCUT2D eigenvalue weighted by atomic mass is 10.1. The summed E-state index contributed by atoms with van der Waals surface area (Å²) >= 11 is 0. The van der Waals surface area contributed by atoms with Gasteiger partial charge in [0.05, 0.1) is 6.61 Å². The van der Waals surface area contributed by atoms with Crippen molar-refractivity contribution in [1.29, 1.82) is 0 Å². The number of rotatable bonds is 7. The maximum atomic E-state index is 13.6. The fourth-order valence-electron chi connectivity index (χ4n) is 2.15. The number of nitrogens with zero attached hydrogens (tertiary/aromatic N) is 1. The summed E-state index contributed by atoms with van der Waals surface area (Å²) in [7, 11) is 0. The van der Waals surface area contributed by atoms with Gasteiger partial charge in [0.1, 0.15) is 5.69 Å². The molecule has 0 radical (unpaired) electrons. The number of ketones is 1. The van der Waals surface area contributed by atoms with Crippen LogP contribution in [0.3, 0.4) is 0 Å². The molecule has 0 bridgehead atoms. The van der Waals surface area contributed by atoms with Crippen LogP contribution in [0.25, 0.3) is 0 Å². The molecule has 1 N–H and O–H groups in total. The SMILES string of the molecule is CC(=O)c1ccc(F)c(OCCCc2c(C=O)n[nH]c2C)c1. The fourth-order valence-corrected chi connectivity index (χ4v) is 2.15. The topological polar surface area (TPSA) is 72.1 Å². The highest BCUT2D eigenvalue weighted by atomic mass is 19.1. The van der Waals surface area contributed by atoms with Crippen molar-refractivity contribution in [3.8, 4) is 5.75 Å². The molecule has 5 nitrogen and oxygen atoms in total. The molecule has 6 heteroatoms. The number of Topliss-reactive ketones (excluding diaryl/α,β-unsaturated/α-hetero) is 1. The third kappa shape index (κ3) is 3.58. The van der Waals surface area contributed by atoms with Gasteiger partial charge in [-0.15, -0.1) is 0 Å². The van der Waals surface area contributed by atoms with Crippen molar-refractivity contribution in [2.75, 3.05) is 6.61 Å². The predicted octanol–water partition coefficient (Wildman–Crippen LogP) is 2.88. The zero-order valence-electron chi connectivity index (χ0n) is 12.5. The Kier molecular flexibility index (Phi) is 5.04. The van der Waals surface area contributed by atoms with E-state index in [-0.39, 0.29) is 18.1 Å². The van der Waals surface area contributed by atoms with E-state index in [0.29, 0.717) is 30.4 Å². The van der Waals surface area contributed by atoms with Crippen molar-refractivity contribution < 1.29 is 18.7 Å². The van der Waals surface area contributed by atoms with Crippen LogP contribution < -0.4 is 4.74 Å². The van der Waals surface area contributed by atoms with E-state index < -0.39 is 5.82 Å². The maximum absolute atomic E-state index is 13.6. The predicted molar refractivity (Wildman–Crippen MR) is 78.9 cm³/mol. The molecule has 0 saturated carbocycles. The van der Waals surface area contributed by atoms with Crippen LogP contribution in [-0.2, 0) is 6.42 Å². The summed E-state index contributed by atoms with van der Waals surface area (Å²) in [6.45, 7) is 3.53. The quantitative estimate of drug-likeness (QED) is 0.485. The van der Waals surface area contributed by atoms with E-state index in [9.17, 15) is 14.0 Å². The summed E-state index contributed by atoms with van der Waals surface area (Å²) in [6.07, 6.45) is 1.91. The third-order valence-electron chi connectivity index (χ3n) is 3.38. The summed E-state index contributed by atoms with van der Waals surface area (Å²) in [5.41, 5.74) is 2.48. The zero-order chi connectivity index (χ0) is 16.1. The van der Waals surface area contributed by atoms with E-state index >= 15 is 0 Å². The van der Waals surface area contributed by atoms with Crippen LogP contribution in [0.1, 0.15) is 45.4 Å². The van der Waals surface area contributed by atoms with Crippen LogP contribution in [0.15, 0.2) is 18.2 Å². The highest BCUT2D eigenvalue weighted by Gasteiger charge is 2.10. The molecule has 0 saturated heterocycles. The molecule has 2 aromatic rings. The molecule has 1 aromatic carbocycles. The standard InChI is InChI=1S/C16H17FN2O3/c1-10-13(15(9-20)19-18-10)4-3-7-22-16-8-12(11(2)21)5-6-14(16)17/h5-6,8-9H,3-4,7H2,1-2H3,(H,18,19). The molecule has 1 heterocycles. The van der Waals surface area contributed by atoms with Gasteiger partial charge in [-0.3, -0.25) is 14.7 Å². The smallest absolute Gasteiger partial charge is 0.170 e. The maximum Gasteiger partial charge on any atom is 0.170 e. The number of aromatic nitrogens is 2. The molecule has 0 aliphatic carbocycles. The minimum Gasteiger partial charge on any atom is -0.490 e. The van der Waals surface area contributed by atoms with Crippen LogP contribution in [0.5, 0.6) is 5.75 Å². The van der Waals surface area contributed by atoms with Gasteiger partial charge >= 0.3 is 0 Å². The van der Waals surface area contributed by atoms with Crippen molar-refractivity contribution >= 4 is 12.1 Å². The van der Waals surface area contributed by atoms with Gasteiger partial charge in [0.15, 0.2) is 23.6 Å². The van der Waals surface area contributed by atoms with Crippen LogP contribution >= 0.6 is 0 Å². The molecule has 0 atom stereocenters. The number of nitrogens with one attached hydrogen (secondary N) is 1. The first-order valence-corrected chi connectivity index (χ1v) is 6.95. The van der Waals surface area contributed by atoms with Crippen LogP contribution in [0.4, 0.5) is 4.39 Å². The Balaban J connectivity index is 1.94. The zero-order valence-corrected chi connectivity index (χ0v) is 12.5. The summed E-state index contributed by atoms with van der Waals surface area (Å²) in [4.78, 5) is 22.1. The van der Waals surface area contributed by atoms with E-state index in [1.807, 2.05) is 6.92 Å². The van der Waals surface area contributed by atoms with Gasteiger partial charge in [0, 0.05) is 16.8 Å². The number of halogens is 1. The minimum atomic E-state index is -0.502. The first-order chi connectivity index (χ1) is 10.5. The molecule has 22 heavy (non-hydrogen) atoms. The van der Waals surface area contributed by atoms with Crippen molar-refractivity contribution in [3.05, 3.63) is 46.5 Å². The van der Waals surface area contributed by atoms with Crippen molar-refractivity contribution in [2.24, 2.45) is 0 Å². The Bertz CT molecular complexity index is 695. The number of carbonyl (C=O) groups is 2. The monoisotopic (exact) mass is 304 g/mol. The molecule has 0 amide bonds. The number of ether oxygens (including phenoxy) is 1. The van der Waals surface area contributed by atoms with E-state index in [2.05, 4.69) is 10.2 Å². The normalized spacial score (nSPS) is 10.5. The van der Waals surface area contributed by atoms with Gasteiger partial charge in [0.25, 0.3) is 0 Å². The molecule has 116 valence electrons. The average molecular weight is 304 g/mol. The number of hydrogen-bond acceptors (Lipinski definition) is 4. The first-order valence-electron chi connectivity index (χ1n) is 6.95. The second kappa shape index (κ2) is 6.98. The molecule has 0 fully saturated rings. The summed E-state index contributed by atoms with van der Waals surface area (Å²) < 4.78 is 19.0. The fraction of sp³-hybridized carbons (Fsp3) is 0.312. The van der Waals surface area contributed by atoms with Crippen molar-refractivity contribution in [2.45, 2.75) is 26.7 Å². The molecule has 1 aromatic heterocycles. The highest BCUT2D eigenvalue weighted by Crippen LogP contribution is 2.20. The lowest BCUT2D eigenvalue weighted by Gasteiger charge is -2.08. The van der Waals surface area contributed by atoms with Gasteiger partial charge in [0.2, 0.25) is 0 Å². The van der Waals surface area contributed by atoms with Crippen molar-refractivity contribution in [3.63, 3.8) is 0 Å². The summed E-state index contributed by atoms with van der Waals surface area (Å²) in [6, 6.07) is 4.05. The lowest BCUT2D eigenvalue weighted by molar-refractivity contribution is 0.101. The van der Waals surface area contributed by atoms with Crippen LogP contribution in [0, 0.1) is 12.7 Å². The van der Waals surface area contributed by atoms with Crippen LogP contribution in [0.2, 0.25) is 0 Å².